The molecule has 1 heterocycles. The molecule has 0 spiro atoms. The molecule has 1 amide bonds. The van der Waals surface area contributed by atoms with E-state index in [1.807, 2.05) is 38.1 Å². The lowest BCUT2D eigenvalue weighted by Gasteiger charge is -2.30. The average Bonchev–Trinajstić information content (AvgIpc) is 2.39. The number of amides is 1. The molecule has 0 aliphatic carbocycles. The van der Waals surface area contributed by atoms with Crippen LogP contribution >= 0.6 is 28.3 Å². The van der Waals surface area contributed by atoms with Crippen molar-refractivity contribution in [1.82, 2.24) is 10.6 Å². The van der Waals surface area contributed by atoms with Gasteiger partial charge >= 0.3 is 0 Å². The number of hydrogen-bond acceptors (Lipinski definition) is 3. The van der Waals surface area contributed by atoms with Crippen LogP contribution in [0.2, 0.25) is 0 Å². The molecular formula is C14H20BrClN2O2. The third-order valence-electron chi connectivity index (χ3n) is 3.31. The molecule has 0 saturated carbocycles. The maximum absolute atomic E-state index is 12.2. The maximum Gasteiger partial charge on any atom is 0.240 e. The SMILES string of the molecule is CC(NC(=O)[C@H]1NCCO[C@@H]1C)c1cccc(Br)c1.Cl. The Morgan fingerprint density at radius 3 is 2.95 bits per heavy atom. The fraction of sp³-hybridized carbons (Fsp3) is 0.500. The molecule has 2 rings (SSSR count). The minimum absolute atomic E-state index is 0. The summed E-state index contributed by atoms with van der Waals surface area (Å²) in [6.07, 6.45) is -0.0940. The minimum Gasteiger partial charge on any atom is -0.375 e. The second kappa shape index (κ2) is 7.98. The Bertz CT molecular complexity index is 459. The lowest BCUT2D eigenvalue weighted by atomic mass is 10.1. The summed E-state index contributed by atoms with van der Waals surface area (Å²) in [7, 11) is 0. The highest BCUT2D eigenvalue weighted by atomic mass is 79.9. The largest absolute Gasteiger partial charge is 0.375 e. The normalized spacial score (nSPS) is 23.6. The van der Waals surface area contributed by atoms with E-state index in [1.165, 1.54) is 0 Å². The monoisotopic (exact) mass is 362 g/mol. The first-order valence-corrected chi connectivity index (χ1v) is 7.28. The van der Waals surface area contributed by atoms with Gasteiger partial charge in [-0.3, -0.25) is 4.79 Å². The van der Waals surface area contributed by atoms with Crippen LogP contribution in [0.15, 0.2) is 28.7 Å². The number of rotatable bonds is 3. The first kappa shape index (κ1) is 17.4. The Labute approximate surface area is 134 Å². The molecule has 1 aliphatic rings. The van der Waals surface area contributed by atoms with Gasteiger partial charge in [0.1, 0.15) is 6.04 Å². The zero-order valence-corrected chi connectivity index (χ0v) is 14.0. The van der Waals surface area contributed by atoms with Gasteiger partial charge in [-0.15, -0.1) is 12.4 Å². The van der Waals surface area contributed by atoms with E-state index in [2.05, 4.69) is 26.6 Å². The first-order valence-electron chi connectivity index (χ1n) is 6.49. The molecule has 20 heavy (non-hydrogen) atoms. The molecule has 1 aliphatic heterocycles. The topological polar surface area (TPSA) is 50.4 Å². The highest BCUT2D eigenvalue weighted by molar-refractivity contribution is 9.10. The van der Waals surface area contributed by atoms with Crippen LogP contribution in [-0.2, 0) is 9.53 Å². The van der Waals surface area contributed by atoms with Gasteiger partial charge in [0.25, 0.3) is 0 Å². The van der Waals surface area contributed by atoms with Crippen LogP contribution in [0.3, 0.4) is 0 Å². The fourth-order valence-electron chi connectivity index (χ4n) is 2.19. The fourth-order valence-corrected chi connectivity index (χ4v) is 2.61. The zero-order valence-electron chi connectivity index (χ0n) is 11.6. The lowest BCUT2D eigenvalue weighted by molar-refractivity contribution is -0.129. The van der Waals surface area contributed by atoms with E-state index in [-0.39, 0.29) is 36.5 Å². The predicted octanol–water partition coefficient (Wildman–Crippen LogP) is 2.43. The summed E-state index contributed by atoms with van der Waals surface area (Å²) in [6, 6.07) is 7.65. The molecule has 0 bridgehead atoms. The van der Waals surface area contributed by atoms with Crippen molar-refractivity contribution in [3.8, 4) is 0 Å². The summed E-state index contributed by atoms with van der Waals surface area (Å²) < 4.78 is 6.50. The zero-order chi connectivity index (χ0) is 13.8. The Balaban J connectivity index is 0.00000200. The van der Waals surface area contributed by atoms with E-state index in [0.717, 1.165) is 10.0 Å². The molecule has 0 aromatic heterocycles. The number of morpholine rings is 1. The summed E-state index contributed by atoms with van der Waals surface area (Å²) in [4.78, 5) is 12.2. The molecule has 112 valence electrons. The number of ether oxygens (including phenoxy) is 1. The summed E-state index contributed by atoms with van der Waals surface area (Å²) in [5, 5.41) is 6.21. The van der Waals surface area contributed by atoms with E-state index in [1.54, 1.807) is 0 Å². The van der Waals surface area contributed by atoms with Crippen LogP contribution in [-0.4, -0.2) is 31.2 Å². The van der Waals surface area contributed by atoms with E-state index in [9.17, 15) is 4.79 Å². The molecular weight excluding hydrogens is 344 g/mol. The van der Waals surface area contributed by atoms with Crippen molar-refractivity contribution in [2.75, 3.05) is 13.2 Å². The van der Waals surface area contributed by atoms with Crippen LogP contribution in [0.25, 0.3) is 0 Å². The van der Waals surface area contributed by atoms with Crippen molar-refractivity contribution in [2.24, 2.45) is 0 Å². The Morgan fingerprint density at radius 2 is 2.30 bits per heavy atom. The highest BCUT2D eigenvalue weighted by Crippen LogP contribution is 2.18. The molecule has 6 heteroatoms. The van der Waals surface area contributed by atoms with Crippen LogP contribution in [0, 0.1) is 0 Å². The second-order valence-electron chi connectivity index (χ2n) is 4.79. The Kier molecular flexibility index (Phi) is 6.95. The highest BCUT2D eigenvalue weighted by Gasteiger charge is 2.29. The average molecular weight is 364 g/mol. The third kappa shape index (κ3) is 4.45. The van der Waals surface area contributed by atoms with Gasteiger partial charge in [0.05, 0.1) is 18.8 Å². The van der Waals surface area contributed by atoms with Gasteiger partial charge in [0, 0.05) is 11.0 Å². The minimum atomic E-state index is -0.275. The number of hydrogen-bond donors (Lipinski definition) is 2. The molecule has 1 aromatic rings. The van der Waals surface area contributed by atoms with Gasteiger partial charge in [0.2, 0.25) is 5.91 Å². The molecule has 3 atom stereocenters. The third-order valence-corrected chi connectivity index (χ3v) is 3.80. The summed E-state index contributed by atoms with van der Waals surface area (Å²) in [5.74, 6) is -0.0142. The Hall–Kier alpha value is -0.620. The van der Waals surface area contributed by atoms with Crippen LogP contribution < -0.4 is 10.6 Å². The first-order chi connectivity index (χ1) is 9.08. The van der Waals surface area contributed by atoms with Crippen molar-refractivity contribution in [3.05, 3.63) is 34.3 Å². The molecule has 2 N–H and O–H groups in total. The molecule has 1 fully saturated rings. The smallest absolute Gasteiger partial charge is 0.240 e. The summed E-state index contributed by atoms with van der Waals surface area (Å²) in [6.45, 7) is 5.27. The van der Waals surface area contributed by atoms with Crippen LogP contribution in [0.1, 0.15) is 25.5 Å². The maximum atomic E-state index is 12.2. The number of carbonyl (C=O) groups excluding carboxylic acids is 1. The van der Waals surface area contributed by atoms with Gasteiger partial charge in [-0.2, -0.15) is 0 Å². The lowest BCUT2D eigenvalue weighted by Crippen LogP contribution is -2.55. The summed E-state index contributed by atoms with van der Waals surface area (Å²) >= 11 is 3.44. The summed E-state index contributed by atoms with van der Waals surface area (Å²) in [5.41, 5.74) is 1.08. The van der Waals surface area contributed by atoms with Gasteiger partial charge in [-0.25, -0.2) is 0 Å². The van der Waals surface area contributed by atoms with Crippen molar-refractivity contribution < 1.29 is 9.53 Å². The van der Waals surface area contributed by atoms with Crippen molar-refractivity contribution in [3.63, 3.8) is 0 Å². The van der Waals surface area contributed by atoms with Crippen LogP contribution in [0.4, 0.5) is 0 Å². The van der Waals surface area contributed by atoms with Gasteiger partial charge in [-0.1, -0.05) is 28.1 Å². The van der Waals surface area contributed by atoms with Crippen molar-refractivity contribution in [1.29, 1.82) is 0 Å². The standard InChI is InChI=1S/C14H19BrN2O2.ClH/c1-9(11-4-3-5-12(15)8-11)17-14(18)13-10(2)19-7-6-16-13;/h3-5,8-10,13,16H,6-7H2,1-2H3,(H,17,18);1H/t9?,10-,13+;/m1./s1. The molecule has 1 aromatic carbocycles. The number of nitrogens with one attached hydrogen (secondary N) is 2. The quantitative estimate of drug-likeness (QED) is 0.867. The van der Waals surface area contributed by atoms with E-state index >= 15 is 0 Å². The van der Waals surface area contributed by atoms with Crippen molar-refractivity contribution >= 4 is 34.2 Å². The van der Waals surface area contributed by atoms with E-state index in [0.29, 0.717) is 13.2 Å². The molecule has 1 unspecified atom stereocenters. The van der Waals surface area contributed by atoms with Gasteiger partial charge in [0.15, 0.2) is 0 Å². The van der Waals surface area contributed by atoms with Gasteiger partial charge < -0.3 is 15.4 Å². The van der Waals surface area contributed by atoms with Crippen molar-refractivity contribution in [2.45, 2.75) is 32.0 Å². The molecule has 4 nitrogen and oxygen atoms in total. The molecule has 0 radical (unpaired) electrons. The Morgan fingerprint density at radius 1 is 1.55 bits per heavy atom. The number of benzene rings is 1. The predicted molar refractivity (Wildman–Crippen MR) is 85.2 cm³/mol. The second-order valence-corrected chi connectivity index (χ2v) is 5.71. The molecule has 1 saturated heterocycles. The van der Waals surface area contributed by atoms with Gasteiger partial charge in [-0.05, 0) is 31.5 Å². The number of halogens is 2. The van der Waals surface area contributed by atoms with E-state index in [4.69, 9.17) is 4.74 Å². The van der Waals surface area contributed by atoms with E-state index < -0.39 is 0 Å². The van der Waals surface area contributed by atoms with Crippen LogP contribution in [0.5, 0.6) is 0 Å². The number of carbonyl (C=O) groups is 1.